The Morgan fingerprint density at radius 1 is 1.36 bits per heavy atom. The molecular formula is C17H21N5O3. The Balaban J connectivity index is 1.79. The van der Waals surface area contributed by atoms with Crippen molar-refractivity contribution in [2.45, 2.75) is 25.8 Å². The van der Waals surface area contributed by atoms with Gasteiger partial charge in [-0.2, -0.15) is 0 Å². The fourth-order valence-electron chi connectivity index (χ4n) is 3.05. The van der Waals surface area contributed by atoms with Gasteiger partial charge in [-0.05, 0) is 37.5 Å². The van der Waals surface area contributed by atoms with Gasteiger partial charge in [-0.1, -0.05) is 11.3 Å². The number of carbonyl (C=O) groups is 2. The van der Waals surface area contributed by atoms with Gasteiger partial charge < -0.3 is 15.0 Å². The molecule has 1 aliphatic rings. The van der Waals surface area contributed by atoms with Gasteiger partial charge in [0.05, 0.1) is 19.0 Å². The Labute approximate surface area is 145 Å². The number of aryl methyl sites for hydroxylation is 2. The van der Waals surface area contributed by atoms with Gasteiger partial charge in [0.1, 0.15) is 17.5 Å². The molecule has 0 bridgehead atoms. The molecule has 132 valence electrons. The van der Waals surface area contributed by atoms with Crippen LogP contribution in [0.4, 0.5) is 5.69 Å². The van der Waals surface area contributed by atoms with Gasteiger partial charge in [-0.15, -0.1) is 5.10 Å². The van der Waals surface area contributed by atoms with Crippen molar-refractivity contribution in [3.63, 3.8) is 0 Å². The van der Waals surface area contributed by atoms with E-state index in [0.29, 0.717) is 30.1 Å². The normalized spacial score (nSPS) is 16.8. The summed E-state index contributed by atoms with van der Waals surface area (Å²) in [6.07, 6.45) is 2.82. The topological polar surface area (TPSA) is 89.3 Å². The molecule has 0 spiro atoms. The van der Waals surface area contributed by atoms with Crippen molar-refractivity contribution < 1.29 is 14.3 Å². The number of anilines is 1. The first-order valence-corrected chi connectivity index (χ1v) is 8.12. The molecule has 0 radical (unpaired) electrons. The molecule has 1 N–H and O–H groups in total. The van der Waals surface area contributed by atoms with Crippen molar-refractivity contribution in [1.29, 1.82) is 0 Å². The van der Waals surface area contributed by atoms with Crippen LogP contribution in [0.3, 0.4) is 0 Å². The van der Waals surface area contributed by atoms with Crippen molar-refractivity contribution in [3.8, 4) is 5.75 Å². The molecule has 1 aromatic heterocycles. The summed E-state index contributed by atoms with van der Waals surface area (Å²) in [6.45, 7) is 2.48. The number of rotatable bonds is 4. The lowest BCUT2D eigenvalue weighted by molar-refractivity contribution is -0.119. The number of aromatic nitrogens is 3. The van der Waals surface area contributed by atoms with E-state index in [0.717, 1.165) is 12.0 Å². The predicted molar refractivity (Wildman–Crippen MR) is 91.4 cm³/mol. The van der Waals surface area contributed by atoms with E-state index in [9.17, 15) is 9.59 Å². The van der Waals surface area contributed by atoms with E-state index < -0.39 is 6.04 Å². The lowest BCUT2D eigenvalue weighted by atomic mass is 10.1. The monoisotopic (exact) mass is 343 g/mol. The highest BCUT2D eigenvalue weighted by atomic mass is 16.5. The second-order valence-corrected chi connectivity index (χ2v) is 6.09. The molecule has 1 aromatic carbocycles. The molecule has 0 aliphatic carbocycles. The molecule has 2 amide bonds. The number of carbonyl (C=O) groups excluding carboxylic acids is 2. The highest BCUT2D eigenvalue weighted by Gasteiger charge is 2.36. The molecule has 1 fully saturated rings. The Hall–Kier alpha value is -2.90. The summed E-state index contributed by atoms with van der Waals surface area (Å²) >= 11 is 0. The SMILES string of the molecule is COc1ccc(C)cc1NC(=O)[C@H]1CCCN1C(=O)c1cnnn1C. The average Bonchev–Trinajstić information content (AvgIpc) is 3.23. The number of ether oxygens (including phenoxy) is 1. The van der Waals surface area contributed by atoms with Crippen molar-refractivity contribution in [2.24, 2.45) is 7.05 Å². The maximum Gasteiger partial charge on any atom is 0.274 e. The lowest BCUT2D eigenvalue weighted by Gasteiger charge is -2.24. The number of likely N-dealkylation sites (tertiary alicyclic amines) is 1. The van der Waals surface area contributed by atoms with Crippen LogP contribution in [-0.4, -0.2) is 51.4 Å². The maximum absolute atomic E-state index is 12.8. The quantitative estimate of drug-likeness (QED) is 0.906. The van der Waals surface area contributed by atoms with E-state index in [-0.39, 0.29) is 11.8 Å². The van der Waals surface area contributed by atoms with E-state index in [1.54, 1.807) is 19.1 Å². The Kier molecular flexibility index (Phi) is 4.69. The predicted octanol–water partition coefficient (Wildman–Crippen LogP) is 1.38. The van der Waals surface area contributed by atoms with E-state index in [2.05, 4.69) is 15.6 Å². The Morgan fingerprint density at radius 3 is 2.84 bits per heavy atom. The van der Waals surface area contributed by atoms with E-state index in [4.69, 9.17) is 4.74 Å². The summed E-state index contributed by atoms with van der Waals surface area (Å²) < 4.78 is 6.71. The molecule has 8 nitrogen and oxygen atoms in total. The van der Waals surface area contributed by atoms with Gasteiger partial charge in [0.25, 0.3) is 5.91 Å². The zero-order valence-electron chi connectivity index (χ0n) is 14.5. The first kappa shape index (κ1) is 16.9. The number of nitrogens with zero attached hydrogens (tertiary/aromatic N) is 4. The second kappa shape index (κ2) is 6.92. The molecule has 25 heavy (non-hydrogen) atoms. The number of methoxy groups -OCH3 is 1. The number of amides is 2. The van der Waals surface area contributed by atoms with Crippen LogP contribution in [0.15, 0.2) is 24.4 Å². The minimum Gasteiger partial charge on any atom is -0.495 e. The molecule has 1 aliphatic heterocycles. The van der Waals surface area contributed by atoms with Crippen LogP contribution in [0.5, 0.6) is 5.75 Å². The summed E-state index contributed by atoms with van der Waals surface area (Å²) in [4.78, 5) is 27.0. The van der Waals surface area contributed by atoms with Crippen molar-refractivity contribution in [1.82, 2.24) is 19.9 Å². The van der Waals surface area contributed by atoms with E-state index in [1.807, 2.05) is 25.1 Å². The minimum atomic E-state index is -0.521. The summed E-state index contributed by atoms with van der Waals surface area (Å²) in [5.41, 5.74) is 1.98. The van der Waals surface area contributed by atoms with Gasteiger partial charge in [0.2, 0.25) is 5.91 Å². The molecule has 2 heterocycles. The second-order valence-electron chi connectivity index (χ2n) is 6.09. The van der Waals surface area contributed by atoms with Crippen LogP contribution in [-0.2, 0) is 11.8 Å². The van der Waals surface area contributed by atoms with Crippen LogP contribution >= 0.6 is 0 Å². The number of hydrogen-bond acceptors (Lipinski definition) is 5. The minimum absolute atomic E-state index is 0.218. The molecule has 3 rings (SSSR count). The first-order valence-electron chi connectivity index (χ1n) is 8.12. The third-order valence-electron chi connectivity index (χ3n) is 4.36. The van der Waals surface area contributed by atoms with Crippen molar-refractivity contribution in [3.05, 3.63) is 35.7 Å². The van der Waals surface area contributed by atoms with Gasteiger partial charge in [-0.3, -0.25) is 9.59 Å². The molecule has 1 saturated heterocycles. The zero-order valence-corrected chi connectivity index (χ0v) is 14.5. The fraction of sp³-hybridized carbons (Fsp3) is 0.412. The number of hydrogen-bond donors (Lipinski definition) is 1. The zero-order chi connectivity index (χ0) is 18.0. The summed E-state index contributed by atoms with van der Waals surface area (Å²) in [5.74, 6) is 0.136. The van der Waals surface area contributed by atoms with Crippen LogP contribution in [0.2, 0.25) is 0 Å². The van der Waals surface area contributed by atoms with Gasteiger partial charge in [-0.25, -0.2) is 4.68 Å². The maximum atomic E-state index is 12.8. The fourth-order valence-corrected chi connectivity index (χ4v) is 3.05. The largest absolute Gasteiger partial charge is 0.495 e. The third kappa shape index (κ3) is 3.33. The van der Waals surface area contributed by atoms with Crippen LogP contribution in [0.25, 0.3) is 0 Å². The molecule has 1 atom stereocenters. The molecule has 0 unspecified atom stereocenters. The van der Waals surface area contributed by atoms with E-state index in [1.165, 1.54) is 10.9 Å². The van der Waals surface area contributed by atoms with E-state index >= 15 is 0 Å². The third-order valence-corrected chi connectivity index (χ3v) is 4.36. The highest BCUT2D eigenvalue weighted by Crippen LogP contribution is 2.27. The summed E-state index contributed by atoms with van der Waals surface area (Å²) in [5, 5.41) is 10.4. The highest BCUT2D eigenvalue weighted by molar-refractivity contribution is 6.01. The molecule has 8 heteroatoms. The van der Waals surface area contributed by atoms with Gasteiger partial charge in [0.15, 0.2) is 0 Å². The standard InChI is InChI=1S/C17H21N5O3/c1-11-6-7-15(25-3)12(9-11)19-16(23)13-5-4-8-22(13)17(24)14-10-18-20-21(14)2/h6-7,9-10,13H,4-5,8H2,1-3H3,(H,19,23)/t13-/m1/s1. The molecular weight excluding hydrogens is 322 g/mol. The summed E-state index contributed by atoms with van der Waals surface area (Å²) in [6, 6.07) is 5.05. The van der Waals surface area contributed by atoms with Crippen LogP contribution in [0, 0.1) is 6.92 Å². The van der Waals surface area contributed by atoms with Gasteiger partial charge in [0, 0.05) is 13.6 Å². The molecule has 0 saturated carbocycles. The Bertz CT molecular complexity index is 801. The lowest BCUT2D eigenvalue weighted by Crippen LogP contribution is -2.43. The smallest absolute Gasteiger partial charge is 0.274 e. The summed E-state index contributed by atoms with van der Waals surface area (Å²) in [7, 11) is 3.21. The molecule has 2 aromatic rings. The van der Waals surface area contributed by atoms with Crippen molar-refractivity contribution >= 4 is 17.5 Å². The average molecular weight is 343 g/mol. The van der Waals surface area contributed by atoms with Crippen LogP contribution < -0.4 is 10.1 Å². The number of benzene rings is 1. The Morgan fingerprint density at radius 2 is 2.16 bits per heavy atom. The number of nitrogens with one attached hydrogen (secondary N) is 1. The van der Waals surface area contributed by atoms with Crippen molar-refractivity contribution in [2.75, 3.05) is 19.0 Å². The first-order chi connectivity index (χ1) is 12.0. The van der Waals surface area contributed by atoms with Gasteiger partial charge >= 0.3 is 0 Å². The van der Waals surface area contributed by atoms with Crippen LogP contribution in [0.1, 0.15) is 28.9 Å².